The Labute approximate surface area is 160 Å². The zero-order chi connectivity index (χ0) is 19.6. The van der Waals surface area contributed by atoms with Crippen molar-refractivity contribution in [3.05, 3.63) is 71.5 Å². The fraction of sp³-hybridized carbons (Fsp3) is 0.364. The quantitative estimate of drug-likeness (QED) is 0.684. The van der Waals surface area contributed by atoms with Crippen LogP contribution >= 0.6 is 0 Å². The Hall–Kier alpha value is -2.69. The number of unbranched alkanes of at least 4 members (excludes halogenated alkanes) is 1. The number of benzene rings is 2. The van der Waals surface area contributed by atoms with Gasteiger partial charge >= 0.3 is 0 Å². The number of carbonyl (C=O) groups excluding carboxylic acids is 2. The normalized spacial score (nSPS) is 11.7. The van der Waals surface area contributed by atoms with Gasteiger partial charge in [0.2, 0.25) is 11.8 Å². The second-order valence-electron chi connectivity index (χ2n) is 6.63. The van der Waals surface area contributed by atoms with E-state index >= 15 is 0 Å². The largest absolute Gasteiger partial charge is 0.354 e. The molecule has 144 valence electrons. The molecule has 0 aliphatic heterocycles. The summed E-state index contributed by atoms with van der Waals surface area (Å²) in [5.74, 6) is -0.637. The van der Waals surface area contributed by atoms with E-state index in [1.807, 2.05) is 30.3 Å². The van der Waals surface area contributed by atoms with Gasteiger partial charge in [0.1, 0.15) is 11.9 Å². The van der Waals surface area contributed by atoms with Crippen LogP contribution in [-0.4, -0.2) is 29.3 Å². The molecule has 2 rings (SSSR count). The predicted octanol–water partition coefficient (Wildman–Crippen LogP) is 3.70. The molecule has 0 aliphatic rings. The molecular weight excluding hydrogens is 343 g/mol. The summed E-state index contributed by atoms with van der Waals surface area (Å²) in [6.45, 7) is 4.64. The highest BCUT2D eigenvalue weighted by molar-refractivity contribution is 5.88. The van der Waals surface area contributed by atoms with E-state index in [-0.39, 0.29) is 30.6 Å². The number of nitrogens with one attached hydrogen (secondary N) is 1. The molecule has 0 aliphatic carbocycles. The minimum absolute atomic E-state index is 0.135. The van der Waals surface area contributed by atoms with Gasteiger partial charge in [-0.2, -0.15) is 0 Å². The van der Waals surface area contributed by atoms with Gasteiger partial charge in [-0.3, -0.25) is 9.59 Å². The summed E-state index contributed by atoms with van der Waals surface area (Å²) in [6.07, 6.45) is 2.10. The SMILES string of the molecule is CCCCNC(=O)C(C)N(Cc1ccc(F)cc1)C(=O)Cc1ccccc1. The Morgan fingerprint density at radius 1 is 1.04 bits per heavy atom. The fourth-order valence-corrected chi connectivity index (χ4v) is 2.78. The van der Waals surface area contributed by atoms with Crippen LogP contribution in [0.2, 0.25) is 0 Å². The molecular formula is C22H27FN2O2. The Balaban J connectivity index is 2.14. The van der Waals surface area contributed by atoms with Crippen molar-refractivity contribution < 1.29 is 14.0 Å². The van der Waals surface area contributed by atoms with Gasteiger partial charge in [0.25, 0.3) is 0 Å². The molecule has 2 aromatic rings. The first kappa shape index (κ1) is 20.6. The third kappa shape index (κ3) is 6.51. The van der Waals surface area contributed by atoms with Crippen molar-refractivity contribution in [3.8, 4) is 0 Å². The summed E-state index contributed by atoms with van der Waals surface area (Å²) in [5, 5.41) is 2.88. The average Bonchev–Trinajstić information content (AvgIpc) is 2.67. The molecule has 2 amide bonds. The van der Waals surface area contributed by atoms with Gasteiger partial charge in [-0.1, -0.05) is 55.8 Å². The number of hydrogen-bond acceptors (Lipinski definition) is 2. The molecule has 0 fully saturated rings. The zero-order valence-corrected chi connectivity index (χ0v) is 16.0. The van der Waals surface area contributed by atoms with E-state index in [1.54, 1.807) is 24.0 Å². The smallest absolute Gasteiger partial charge is 0.242 e. The van der Waals surface area contributed by atoms with Gasteiger partial charge in [-0.05, 0) is 36.6 Å². The highest BCUT2D eigenvalue weighted by Gasteiger charge is 2.26. The van der Waals surface area contributed by atoms with E-state index in [0.717, 1.165) is 24.0 Å². The standard InChI is InChI=1S/C22H27FN2O2/c1-3-4-14-24-22(27)17(2)25(16-19-10-12-20(23)13-11-19)21(26)15-18-8-6-5-7-9-18/h5-13,17H,3-4,14-16H2,1-2H3,(H,24,27). The molecule has 0 saturated heterocycles. The monoisotopic (exact) mass is 370 g/mol. The first-order valence-electron chi connectivity index (χ1n) is 9.36. The van der Waals surface area contributed by atoms with Crippen molar-refractivity contribution in [2.75, 3.05) is 6.54 Å². The summed E-state index contributed by atoms with van der Waals surface area (Å²) in [7, 11) is 0. The number of halogens is 1. The summed E-state index contributed by atoms with van der Waals surface area (Å²) in [5.41, 5.74) is 1.68. The molecule has 0 bridgehead atoms. The lowest BCUT2D eigenvalue weighted by atomic mass is 10.1. The van der Waals surface area contributed by atoms with Gasteiger partial charge in [0, 0.05) is 13.1 Å². The maximum Gasteiger partial charge on any atom is 0.242 e. The van der Waals surface area contributed by atoms with Crippen molar-refractivity contribution in [1.82, 2.24) is 10.2 Å². The van der Waals surface area contributed by atoms with E-state index in [2.05, 4.69) is 12.2 Å². The highest BCUT2D eigenvalue weighted by atomic mass is 19.1. The Morgan fingerprint density at radius 2 is 1.70 bits per heavy atom. The summed E-state index contributed by atoms with van der Waals surface area (Å²) in [6, 6.07) is 14.8. The fourth-order valence-electron chi connectivity index (χ4n) is 2.78. The van der Waals surface area contributed by atoms with Crippen molar-refractivity contribution in [1.29, 1.82) is 0 Å². The molecule has 1 N–H and O–H groups in total. The summed E-state index contributed by atoms with van der Waals surface area (Å²) >= 11 is 0. The van der Waals surface area contributed by atoms with E-state index in [0.29, 0.717) is 6.54 Å². The second kappa shape index (κ2) is 10.5. The van der Waals surface area contributed by atoms with Crippen LogP contribution in [0.25, 0.3) is 0 Å². The second-order valence-corrected chi connectivity index (χ2v) is 6.63. The molecule has 5 heteroatoms. The van der Waals surface area contributed by atoms with Crippen LogP contribution in [0, 0.1) is 5.82 Å². The lowest BCUT2D eigenvalue weighted by molar-refractivity contribution is -0.140. The first-order chi connectivity index (χ1) is 13.0. The summed E-state index contributed by atoms with van der Waals surface area (Å²) < 4.78 is 13.2. The van der Waals surface area contributed by atoms with Crippen LogP contribution in [-0.2, 0) is 22.6 Å². The van der Waals surface area contributed by atoms with Gasteiger partial charge in [-0.15, -0.1) is 0 Å². The minimum Gasteiger partial charge on any atom is -0.354 e. The highest BCUT2D eigenvalue weighted by Crippen LogP contribution is 2.13. The molecule has 1 atom stereocenters. The van der Waals surface area contributed by atoms with Crippen molar-refractivity contribution in [2.45, 2.75) is 45.7 Å². The molecule has 0 spiro atoms. The molecule has 0 saturated carbocycles. The number of hydrogen-bond donors (Lipinski definition) is 1. The zero-order valence-electron chi connectivity index (χ0n) is 16.0. The van der Waals surface area contributed by atoms with E-state index in [9.17, 15) is 14.0 Å². The maximum atomic E-state index is 13.2. The van der Waals surface area contributed by atoms with Crippen LogP contribution < -0.4 is 5.32 Å². The lowest BCUT2D eigenvalue weighted by Gasteiger charge is -2.29. The number of carbonyl (C=O) groups is 2. The Morgan fingerprint density at radius 3 is 2.33 bits per heavy atom. The first-order valence-corrected chi connectivity index (χ1v) is 9.36. The summed E-state index contributed by atoms with van der Waals surface area (Å²) in [4.78, 5) is 27.0. The third-order valence-corrected chi connectivity index (χ3v) is 4.46. The predicted molar refractivity (Wildman–Crippen MR) is 104 cm³/mol. The van der Waals surface area contributed by atoms with E-state index < -0.39 is 6.04 Å². The van der Waals surface area contributed by atoms with Crippen molar-refractivity contribution in [2.24, 2.45) is 0 Å². The molecule has 1 unspecified atom stereocenters. The molecule has 0 aromatic heterocycles. The van der Waals surface area contributed by atoms with Crippen molar-refractivity contribution >= 4 is 11.8 Å². The topological polar surface area (TPSA) is 49.4 Å². The molecule has 0 heterocycles. The molecule has 2 aromatic carbocycles. The number of rotatable bonds is 9. The Kier molecular flexibility index (Phi) is 7.99. The number of nitrogens with zero attached hydrogens (tertiary/aromatic N) is 1. The molecule has 4 nitrogen and oxygen atoms in total. The van der Waals surface area contributed by atoms with Crippen molar-refractivity contribution in [3.63, 3.8) is 0 Å². The van der Waals surface area contributed by atoms with Crippen LogP contribution in [0.5, 0.6) is 0 Å². The minimum atomic E-state index is -0.608. The Bertz CT molecular complexity index is 732. The van der Waals surface area contributed by atoms with Crippen LogP contribution in [0.1, 0.15) is 37.8 Å². The lowest BCUT2D eigenvalue weighted by Crippen LogP contribution is -2.48. The van der Waals surface area contributed by atoms with Crippen LogP contribution in [0.4, 0.5) is 4.39 Å². The van der Waals surface area contributed by atoms with Gasteiger partial charge in [-0.25, -0.2) is 4.39 Å². The maximum absolute atomic E-state index is 13.2. The van der Waals surface area contributed by atoms with E-state index in [4.69, 9.17) is 0 Å². The average molecular weight is 370 g/mol. The van der Waals surface area contributed by atoms with Gasteiger partial charge in [0.05, 0.1) is 6.42 Å². The van der Waals surface area contributed by atoms with Gasteiger partial charge in [0.15, 0.2) is 0 Å². The van der Waals surface area contributed by atoms with Crippen LogP contribution in [0.3, 0.4) is 0 Å². The molecule has 27 heavy (non-hydrogen) atoms. The number of amides is 2. The van der Waals surface area contributed by atoms with Crippen LogP contribution in [0.15, 0.2) is 54.6 Å². The molecule has 0 radical (unpaired) electrons. The van der Waals surface area contributed by atoms with Gasteiger partial charge < -0.3 is 10.2 Å². The third-order valence-electron chi connectivity index (χ3n) is 4.46. The van der Waals surface area contributed by atoms with E-state index in [1.165, 1.54) is 12.1 Å².